The molecule has 3 aromatic heterocycles. The Morgan fingerprint density at radius 3 is 1.38 bits per heavy atom. The molecule has 2 aromatic carbocycles. The number of hydrogen-bond donors (Lipinski definition) is 2. The third-order valence-corrected chi connectivity index (χ3v) is 4.87. The summed E-state index contributed by atoms with van der Waals surface area (Å²) in [7, 11) is 0. The van der Waals surface area contributed by atoms with Gasteiger partial charge < -0.3 is 10.6 Å². The highest BCUT2D eigenvalue weighted by atomic mass is 16.2. The summed E-state index contributed by atoms with van der Waals surface area (Å²) in [6.07, 6.45) is 2.18. The van der Waals surface area contributed by atoms with Gasteiger partial charge >= 0.3 is 0 Å². The zero-order valence-corrected chi connectivity index (χ0v) is 16.4. The molecule has 0 unspecified atom stereocenters. The largest absolute Gasteiger partial charge is 0.321 e. The second-order valence-corrected chi connectivity index (χ2v) is 6.87. The summed E-state index contributed by atoms with van der Waals surface area (Å²) >= 11 is 0. The quantitative estimate of drug-likeness (QED) is 0.450. The second-order valence-electron chi connectivity index (χ2n) is 6.87. The summed E-state index contributed by atoms with van der Waals surface area (Å²) in [5.74, 6) is -1.28. The zero-order chi connectivity index (χ0) is 22.2. The zero-order valence-electron chi connectivity index (χ0n) is 16.4. The number of imidazole rings is 2. The lowest BCUT2D eigenvalue weighted by Crippen LogP contribution is -2.28. The SMILES string of the molecule is O=C(Nc1ccccc1)c1ncn2c(=O)c3c(C(=O)Nc4ccccc4)ncn3c(=O)c12. The van der Waals surface area contributed by atoms with Gasteiger partial charge in [0.25, 0.3) is 22.9 Å². The Balaban J connectivity index is 1.60. The Bertz CT molecular complexity index is 1470. The molecule has 5 aromatic rings. The number of anilines is 2. The number of hydrogen-bond acceptors (Lipinski definition) is 6. The third kappa shape index (κ3) is 3.06. The van der Waals surface area contributed by atoms with Gasteiger partial charge in [-0.05, 0) is 24.3 Å². The molecule has 0 aliphatic rings. The molecule has 0 spiro atoms. The molecule has 0 aliphatic heterocycles. The van der Waals surface area contributed by atoms with Crippen LogP contribution >= 0.6 is 0 Å². The molecule has 0 saturated heterocycles. The summed E-state index contributed by atoms with van der Waals surface area (Å²) in [6, 6.07) is 17.3. The number of carbonyl (C=O) groups is 2. The predicted octanol–water partition coefficient (Wildman–Crippen LogP) is 1.64. The molecule has 10 nitrogen and oxygen atoms in total. The average Bonchev–Trinajstić information content (AvgIpc) is 3.45. The van der Waals surface area contributed by atoms with Gasteiger partial charge in [0.05, 0.1) is 0 Å². The van der Waals surface area contributed by atoms with Crippen molar-refractivity contribution in [2.24, 2.45) is 0 Å². The van der Waals surface area contributed by atoms with Crippen molar-refractivity contribution in [1.82, 2.24) is 18.8 Å². The van der Waals surface area contributed by atoms with Crippen LogP contribution in [0.3, 0.4) is 0 Å². The average molecular weight is 426 g/mol. The molecule has 156 valence electrons. The fourth-order valence-corrected chi connectivity index (χ4v) is 3.40. The molecule has 32 heavy (non-hydrogen) atoms. The van der Waals surface area contributed by atoms with E-state index in [2.05, 4.69) is 20.6 Å². The molecular formula is C22H14N6O4. The standard InChI is InChI=1S/C22H14N6O4/c29-19(25-13-7-3-1-4-8-13)15-17-21(31)28-12-24-16(18(28)22(32)27(17)11-23-15)20(30)26-14-9-5-2-6-10-14/h1-12H,(H,25,29)(H,26,30). The van der Waals surface area contributed by atoms with E-state index in [9.17, 15) is 19.2 Å². The molecule has 5 rings (SSSR count). The first-order valence-corrected chi connectivity index (χ1v) is 9.51. The van der Waals surface area contributed by atoms with E-state index < -0.39 is 22.9 Å². The van der Waals surface area contributed by atoms with Gasteiger partial charge in [0.15, 0.2) is 11.4 Å². The molecular weight excluding hydrogens is 412 g/mol. The maximum atomic E-state index is 13.1. The number of nitrogens with one attached hydrogen (secondary N) is 2. The smallest absolute Gasteiger partial charge is 0.283 e. The highest BCUT2D eigenvalue weighted by molar-refractivity contribution is 6.09. The topological polar surface area (TPSA) is 127 Å². The molecule has 0 aliphatic carbocycles. The first kappa shape index (κ1) is 19.1. The minimum atomic E-state index is -0.693. The van der Waals surface area contributed by atoms with Crippen LogP contribution in [0.1, 0.15) is 21.0 Å². The van der Waals surface area contributed by atoms with Gasteiger partial charge in [0.1, 0.15) is 23.7 Å². The fourth-order valence-electron chi connectivity index (χ4n) is 3.40. The van der Waals surface area contributed by atoms with E-state index in [0.717, 1.165) is 21.5 Å². The van der Waals surface area contributed by atoms with Gasteiger partial charge in [0, 0.05) is 11.4 Å². The molecule has 0 bridgehead atoms. The number of para-hydroxylation sites is 2. The van der Waals surface area contributed by atoms with Crippen molar-refractivity contribution in [3.8, 4) is 0 Å². The monoisotopic (exact) mass is 426 g/mol. The Hall–Kier alpha value is -4.86. The Labute approximate surface area is 179 Å². The van der Waals surface area contributed by atoms with Crippen molar-refractivity contribution < 1.29 is 9.59 Å². The van der Waals surface area contributed by atoms with E-state index in [-0.39, 0.29) is 22.4 Å². The maximum absolute atomic E-state index is 13.1. The van der Waals surface area contributed by atoms with Gasteiger partial charge in [-0.2, -0.15) is 0 Å². The summed E-state index contributed by atoms with van der Waals surface area (Å²) in [5, 5.41) is 5.27. The van der Waals surface area contributed by atoms with Crippen molar-refractivity contribution in [3.63, 3.8) is 0 Å². The van der Waals surface area contributed by atoms with Gasteiger partial charge in [-0.3, -0.25) is 28.0 Å². The van der Waals surface area contributed by atoms with Gasteiger partial charge in [-0.15, -0.1) is 0 Å². The van der Waals surface area contributed by atoms with Crippen LogP contribution in [0.4, 0.5) is 11.4 Å². The van der Waals surface area contributed by atoms with E-state index in [4.69, 9.17) is 0 Å². The molecule has 0 saturated carbocycles. The van der Waals surface area contributed by atoms with E-state index >= 15 is 0 Å². The van der Waals surface area contributed by atoms with Crippen LogP contribution in [-0.4, -0.2) is 30.6 Å². The van der Waals surface area contributed by atoms with Crippen LogP contribution in [-0.2, 0) is 0 Å². The van der Waals surface area contributed by atoms with Crippen molar-refractivity contribution in [2.75, 3.05) is 10.6 Å². The Kier molecular flexibility index (Phi) is 4.44. The molecule has 0 atom stereocenters. The first-order valence-electron chi connectivity index (χ1n) is 9.51. The number of aromatic nitrogens is 4. The number of amides is 2. The van der Waals surface area contributed by atoms with Crippen LogP contribution in [0.25, 0.3) is 11.0 Å². The fraction of sp³-hybridized carbons (Fsp3) is 0. The van der Waals surface area contributed by atoms with Gasteiger partial charge in [-0.1, -0.05) is 36.4 Å². The lowest BCUT2D eigenvalue weighted by atomic mass is 10.2. The Morgan fingerprint density at radius 1 is 0.625 bits per heavy atom. The lowest BCUT2D eigenvalue weighted by Gasteiger charge is -2.04. The number of fused-ring (bicyclic) bond motifs is 2. The minimum Gasteiger partial charge on any atom is -0.321 e. The summed E-state index contributed by atoms with van der Waals surface area (Å²) < 4.78 is 1.91. The number of carbonyl (C=O) groups excluding carboxylic acids is 2. The summed E-state index contributed by atoms with van der Waals surface area (Å²) in [5.41, 5.74) is -1.19. The van der Waals surface area contributed by atoms with E-state index in [1.54, 1.807) is 60.7 Å². The lowest BCUT2D eigenvalue weighted by molar-refractivity contribution is 0.101. The summed E-state index contributed by atoms with van der Waals surface area (Å²) in [4.78, 5) is 59.5. The number of rotatable bonds is 4. The molecule has 0 radical (unpaired) electrons. The molecule has 2 N–H and O–H groups in total. The van der Waals surface area contributed by atoms with Gasteiger partial charge in [-0.25, -0.2) is 9.97 Å². The Morgan fingerprint density at radius 2 is 1.00 bits per heavy atom. The van der Waals surface area contributed by atoms with Crippen LogP contribution < -0.4 is 21.8 Å². The molecule has 2 amide bonds. The normalized spacial score (nSPS) is 11.0. The van der Waals surface area contributed by atoms with Gasteiger partial charge in [0.2, 0.25) is 0 Å². The van der Waals surface area contributed by atoms with Crippen molar-refractivity contribution in [3.05, 3.63) is 105 Å². The second kappa shape index (κ2) is 7.43. The van der Waals surface area contributed by atoms with Crippen molar-refractivity contribution >= 4 is 34.2 Å². The van der Waals surface area contributed by atoms with Crippen molar-refractivity contribution in [1.29, 1.82) is 0 Å². The highest BCUT2D eigenvalue weighted by Gasteiger charge is 2.24. The van der Waals surface area contributed by atoms with Crippen molar-refractivity contribution in [2.45, 2.75) is 0 Å². The van der Waals surface area contributed by atoms with Crippen LogP contribution in [0.5, 0.6) is 0 Å². The maximum Gasteiger partial charge on any atom is 0.283 e. The highest BCUT2D eigenvalue weighted by Crippen LogP contribution is 2.13. The van der Waals surface area contributed by atoms with Crippen LogP contribution in [0, 0.1) is 0 Å². The minimum absolute atomic E-state index is 0.205. The van der Waals surface area contributed by atoms with E-state index in [1.807, 2.05) is 0 Å². The third-order valence-electron chi connectivity index (χ3n) is 4.87. The molecule has 10 heteroatoms. The van der Waals surface area contributed by atoms with E-state index in [1.165, 1.54) is 0 Å². The first-order chi connectivity index (χ1) is 15.5. The van der Waals surface area contributed by atoms with E-state index in [0.29, 0.717) is 11.4 Å². The molecule has 3 heterocycles. The number of nitrogens with zero attached hydrogens (tertiary/aromatic N) is 4. The molecule has 0 fully saturated rings. The van der Waals surface area contributed by atoms with Crippen LogP contribution in [0.2, 0.25) is 0 Å². The predicted molar refractivity (Wildman–Crippen MR) is 116 cm³/mol. The van der Waals surface area contributed by atoms with Crippen LogP contribution in [0.15, 0.2) is 82.9 Å². The summed E-state index contributed by atoms with van der Waals surface area (Å²) in [6.45, 7) is 0. The number of benzene rings is 2.